The fourth-order valence-corrected chi connectivity index (χ4v) is 8.47. The lowest BCUT2D eigenvalue weighted by Gasteiger charge is -2.56. The van der Waals surface area contributed by atoms with E-state index in [1.54, 1.807) is 30.3 Å². The van der Waals surface area contributed by atoms with Crippen molar-refractivity contribution in [1.82, 2.24) is 5.32 Å². The number of fused-ring (bicyclic) bond motifs is 4. The molecule has 0 radical (unpaired) electrons. The normalized spacial score (nSPS) is 29.8. The summed E-state index contributed by atoms with van der Waals surface area (Å²) in [6.45, 7) is 1.54. The molecule has 4 aliphatic carbocycles. The van der Waals surface area contributed by atoms with E-state index in [0.717, 1.165) is 22.3 Å². The Morgan fingerprint density at radius 2 is 1.67 bits per heavy atom. The molecule has 6 rings (SSSR count). The molecule has 2 aromatic rings. The van der Waals surface area contributed by atoms with Gasteiger partial charge in [-0.3, -0.25) is 4.79 Å². The van der Waals surface area contributed by atoms with Crippen LogP contribution in [-0.2, 0) is 11.3 Å². The molecule has 0 saturated heterocycles. The number of carbonyl (C=O) groups excluding carboxylic acids is 2. The van der Waals surface area contributed by atoms with Gasteiger partial charge in [0.25, 0.3) is 0 Å². The summed E-state index contributed by atoms with van der Waals surface area (Å²) in [6.07, 6.45) is -3.13. The highest BCUT2D eigenvalue weighted by Crippen LogP contribution is 2.70. The van der Waals surface area contributed by atoms with Crippen molar-refractivity contribution in [2.75, 3.05) is 5.32 Å². The lowest BCUT2D eigenvalue weighted by atomic mass is 9.50. The standard InChI is InChI=1S/C34H34F6N2O3/c1-31-17-27(20-4-2-19(3-5-20)18-41-30(44)42-23-9-7-22(35)8-10-23)29-25-13-11-24(43)16-21(25)6-12-26(29)28(31)14-15-32(31,45)33(36,37)34(38,39)40/h2-5,7-10,16,26-28,45H,6,11-15,17-18H2,1H3,(H2,41,42,44)/t26-,27+,28-,31-,32-/m0/s1. The predicted octanol–water partition coefficient (Wildman–Crippen LogP) is 7.98. The van der Waals surface area contributed by atoms with E-state index < -0.39 is 53.2 Å². The van der Waals surface area contributed by atoms with Crippen molar-refractivity contribution >= 4 is 17.5 Å². The van der Waals surface area contributed by atoms with Crippen molar-refractivity contribution in [2.24, 2.45) is 17.3 Å². The molecule has 240 valence electrons. The van der Waals surface area contributed by atoms with Gasteiger partial charge in [0.15, 0.2) is 5.78 Å². The first kappa shape index (κ1) is 31.4. The summed E-state index contributed by atoms with van der Waals surface area (Å²) in [5.41, 5.74) is -0.252. The SMILES string of the molecule is C[C@]12C[C@H](c3ccc(CNC(=O)Nc4ccc(F)cc4)cc3)C3=C4CCC(=O)C=C4CC[C@H]3[C@@H]1CC[C@@]2(O)C(F)(F)C(F)(F)F. The molecule has 45 heavy (non-hydrogen) atoms. The van der Waals surface area contributed by atoms with Crippen LogP contribution in [-0.4, -0.2) is 34.6 Å². The van der Waals surface area contributed by atoms with Crippen LogP contribution in [0, 0.1) is 23.1 Å². The van der Waals surface area contributed by atoms with E-state index in [2.05, 4.69) is 10.6 Å². The van der Waals surface area contributed by atoms with Gasteiger partial charge in [0.1, 0.15) is 11.4 Å². The third kappa shape index (κ3) is 5.16. The smallest absolute Gasteiger partial charge is 0.383 e. The molecule has 0 aliphatic heterocycles. The summed E-state index contributed by atoms with van der Waals surface area (Å²) in [4.78, 5) is 24.6. The Morgan fingerprint density at radius 1 is 0.978 bits per heavy atom. The third-order valence-electron chi connectivity index (χ3n) is 10.7. The first-order valence-corrected chi connectivity index (χ1v) is 15.2. The zero-order chi connectivity index (χ0) is 32.4. The maximum atomic E-state index is 15.2. The van der Waals surface area contributed by atoms with Crippen LogP contribution >= 0.6 is 0 Å². The van der Waals surface area contributed by atoms with Gasteiger partial charge in [-0.05, 0) is 103 Å². The molecule has 3 N–H and O–H groups in total. The van der Waals surface area contributed by atoms with Gasteiger partial charge < -0.3 is 15.7 Å². The van der Waals surface area contributed by atoms with Gasteiger partial charge in [-0.1, -0.05) is 36.8 Å². The van der Waals surface area contributed by atoms with Gasteiger partial charge in [-0.25, -0.2) is 9.18 Å². The number of rotatable bonds is 5. The molecule has 0 bridgehead atoms. The molecule has 2 aromatic carbocycles. The van der Waals surface area contributed by atoms with Crippen LogP contribution < -0.4 is 10.6 Å². The quantitative estimate of drug-likeness (QED) is 0.293. The van der Waals surface area contributed by atoms with Gasteiger partial charge in [0.05, 0.1) is 0 Å². The van der Waals surface area contributed by atoms with E-state index in [0.29, 0.717) is 36.9 Å². The number of urea groups is 1. The van der Waals surface area contributed by atoms with E-state index in [1.807, 2.05) is 0 Å². The van der Waals surface area contributed by atoms with Gasteiger partial charge in [-0.2, -0.15) is 22.0 Å². The highest BCUT2D eigenvalue weighted by atomic mass is 19.4. The molecule has 2 fully saturated rings. The highest BCUT2D eigenvalue weighted by Gasteiger charge is 2.79. The number of carbonyl (C=O) groups is 2. The fourth-order valence-electron chi connectivity index (χ4n) is 8.47. The second kappa shape index (κ2) is 11.0. The fraction of sp³-hybridized carbons (Fsp3) is 0.471. The average molecular weight is 633 g/mol. The number of anilines is 1. The van der Waals surface area contributed by atoms with Crippen molar-refractivity contribution in [3.05, 3.63) is 88.3 Å². The zero-order valence-corrected chi connectivity index (χ0v) is 24.6. The first-order chi connectivity index (χ1) is 21.1. The topological polar surface area (TPSA) is 78.4 Å². The maximum absolute atomic E-state index is 15.2. The third-order valence-corrected chi connectivity index (χ3v) is 10.7. The van der Waals surface area contributed by atoms with Crippen LogP contribution in [0.3, 0.4) is 0 Å². The van der Waals surface area contributed by atoms with Gasteiger partial charge in [0.2, 0.25) is 0 Å². The number of hydrogen-bond donors (Lipinski definition) is 3. The summed E-state index contributed by atoms with van der Waals surface area (Å²) >= 11 is 0. The number of benzene rings is 2. The first-order valence-electron chi connectivity index (χ1n) is 15.2. The lowest BCUT2D eigenvalue weighted by Crippen LogP contribution is -2.65. The highest BCUT2D eigenvalue weighted by molar-refractivity contribution is 5.93. The van der Waals surface area contributed by atoms with Crippen molar-refractivity contribution < 1.29 is 41.0 Å². The van der Waals surface area contributed by atoms with Crippen LogP contribution in [0.1, 0.15) is 68.9 Å². The number of halogens is 6. The summed E-state index contributed by atoms with van der Waals surface area (Å²) < 4.78 is 84.8. The number of aliphatic hydroxyl groups is 1. The number of ketones is 1. The molecule has 2 saturated carbocycles. The summed E-state index contributed by atoms with van der Waals surface area (Å²) in [6, 6.07) is 11.9. The Hall–Kier alpha value is -3.60. The molecular weight excluding hydrogens is 598 g/mol. The Kier molecular flexibility index (Phi) is 7.69. The summed E-state index contributed by atoms with van der Waals surface area (Å²) in [7, 11) is 0. The molecule has 11 heteroatoms. The Bertz CT molecular complexity index is 1570. The second-order valence-electron chi connectivity index (χ2n) is 13.0. The molecule has 0 unspecified atom stereocenters. The van der Waals surface area contributed by atoms with E-state index in [1.165, 1.54) is 31.2 Å². The Morgan fingerprint density at radius 3 is 2.33 bits per heavy atom. The van der Waals surface area contributed by atoms with Crippen LogP contribution in [0.4, 0.5) is 36.8 Å². The monoisotopic (exact) mass is 632 g/mol. The van der Waals surface area contributed by atoms with Crippen molar-refractivity contribution in [3.63, 3.8) is 0 Å². The summed E-state index contributed by atoms with van der Waals surface area (Å²) in [5, 5.41) is 16.7. The van der Waals surface area contributed by atoms with Crippen molar-refractivity contribution in [2.45, 2.75) is 82.0 Å². The van der Waals surface area contributed by atoms with E-state index in [4.69, 9.17) is 0 Å². The summed E-state index contributed by atoms with van der Waals surface area (Å²) in [5.74, 6) is -7.12. The predicted molar refractivity (Wildman–Crippen MR) is 155 cm³/mol. The minimum atomic E-state index is -5.91. The number of nitrogens with one attached hydrogen (secondary N) is 2. The zero-order valence-electron chi connectivity index (χ0n) is 24.6. The molecule has 5 atom stereocenters. The molecule has 0 heterocycles. The molecule has 4 aliphatic rings. The van der Waals surface area contributed by atoms with Crippen molar-refractivity contribution in [3.8, 4) is 0 Å². The van der Waals surface area contributed by atoms with E-state index in [9.17, 15) is 32.3 Å². The lowest BCUT2D eigenvalue weighted by molar-refractivity contribution is -0.362. The Labute approximate surface area is 256 Å². The number of hydrogen-bond acceptors (Lipinski definition) is 3. The average Bonchev–Trinajstić information content (AvgIpc) is 3.27. The Balaban J connectivity index is 1.31. The molecular formula is C34H34F6N2O3. The largest absolute Gasteiger partial charge is 0.456 e. The molecule has 0 spiro atoms. The van der Waals surface area contributed by atoms with Crippen LogP contribution in [0.2, 0.25) is 0 Å². The molecule has 0 aromatic heterocycles. The second-order valence-corrected chi connectivity index (χ2v) is 13.0. The van der Waals surface area contributed by atoms with Gasteiger partial charge in [0, 0.05) is 30.0 Å². The maximum Gasteiger partial charge on any atom is 0.456 e. The molecule has 2 amide bonds. The van der Waals surface area contributed by atoms with Crippen LogP contribution in [0.25, 0.3) is 0 Å². The van der Waals surface area contributed by atoms with Crippen molar-refractivity contribution in [1.29, 1.82) is 0 Å². The number of amides is 2. The number of alkyl halides is 5. The van der Waals surface area contributed by atoms with E-state index >= 15 is 8.78 Å². The minimum absolute atomic E-state index is 0.0189. The van der Waals surface area contributed by atoms with Gasteiger partial charge >= 0.3 is 18.1 Å². The van der Waals surface area contributed by atoms with Gasteiger partial charge in [-0.15, -0.1) is 0 Å². The van der Waals surface area contributed by atoms with Crippen LogP contribution in [0.5, 0.6) is 0 Å². The molecule has 5 nitrogen and oxygen atoms in total. The minimum Gasteiger partial charge on any atom is -0.383 e. The van der Waals surface area contributed by atoms with Crippen LogP contribution in [0.15, 0.2) is 71.3 Å². The number of allylic oxidation sites excluding steroid dienone is 4. The van der Waals surface area contributed by atoms with E-state index in [-0.39, 0.29) is 31.1 Å².